The van der Waals surface area contributed by atoms with Crippen LogP contribution in [0.3, 0.4) is 0 Å². The van der Waals surface area contributed by atoms with Gasteiger partial charge in [0.25, 0.3) is 0 Å². The number of hydrogen-bond donors (Lipinski definition) is 0. The van der Waals surface area contributed by atoms with Crippen LogP contribution in [0, 0.1) is 0 Å². The zero-order valence-electron chi connectivity index (χ0n) is 7.60. The molecule has 0 bridgehead atoms. The third kappa shape index (κ3) is 2.05. The van der Waals surface area contributed by atoms with Crippen LogP contribution >= 0.6 is 0 Å². The van der Waals surface area contributed by atoms with Crippen LogP contribution in [-0.4, -0.2) is 23.5 Å². The van der Waals surface area contributed by atoms with Gasteiger partial charge in [0.2, 0.25) is 0 Å². The van der Waals surface area contributed by atoms with Gasteiger partial charge in [0.1, 0.15) is 6.61 Å². The van der Waals surface area contributed by atoms with Crippen molar-refractivity contribution >= 4 is 5.90 Å². The van der Waals surface area contributed by atoms with E-state index in [4.69, 9.17) is 4.74 Å². The smallest absolute Gasteiger partial charge is 0.189 e. The van der Waals surface area contributed by atoms with Crippen molar-refractivity contribution in [3.05, 3.63) is 30.1 Å². The Morgan fingerprint density at radius 1 is 1.54 bits per heavy atom. The molecule has 1 atom stereocenters. The minimum atomic E-state index is 0.304. The van der Waals surface area contributed by atoms with Crippen LogP contribution in [0.15, 0.2) is 29.4 Å². The number of pyridine rings is 1. The molecule has 0 fully saturated rings. The van der Waals surface area contributed by atoms with E-state index >= 15 is 0 Å². The molecule has 0 amide bonds. The Labute approximate surface area is 77.5 Å². The molecular formula is C10H12N2O. The number of aromatic nitrogens is 1. The Balaban J connectivity index is 2.03. The average molecular weight is 176 g/mol. The molecule has 0 aromatic carbocycles. The van der Waals surface area contributed by atoms with Gasteiger partial charge in [0.15, 0.2) is 5.90 Å². The first kappa shape index (κ1) is 8.23. The topological polar surface area (TPSA) is 34.5 Å². The summed E-state index contributed by atoms with van der Waals surface area (Å²) in [6, 6.07) is 6.17. The number of nitrogens with zero attached hydrogens (tertiary/aromatic N) is 2. The molecule has 3 heteroatoms. The summed E-state index contributed by atoms with van der Waals surface area (Å²) in [4.78, 5) is 8.54. The molecule has 2 rings (SSSR count). The predicted octanol–water partition coefficient (Wildman–Crippen LogP) is 1.44. The van der Waals surface area contributed by atoms with Crippen molar-refractivity contribution in [1.82, 2.24) is 4.98 Å². The minimum absolute atomic E-state index is 0.304. The summed E-state index contributed by atoms with van der Waals surface area (Å²) < 4.78 is 5.38. The molecular weight excluding hydrogens is 164 g/mol. The molecule has 3 nitrogen and oxygen atoms in total. The molecule has 1 aromatic heterocycles. The van der Waals surface area contributed by atoms with E-state index in [2.05, 4.69) is 9.98 Å². The number of ether oxygens (including phenoxy) is 1. The largest absolute Gasteiger partial charge is 0.478 e. The second-order valence-electron chi connectivity index (χ2n) is 3.18. The highest BCUT2D eigenvalue weighted by Gasteiger charge is 2.14. The van der Waals surface area contributed by atoms with Gasteiger partial charge in [0, 0.05) is 11.9 Å². The van der Waals surface area contributed by atoms with Crippen molar-refractivity contribution in [3.8, 4) is 0 Å². The summed E-state index contributed by atoms with van der Waals surface area (Å²) in [7, 11) is 0. The van der Waals surface area contributed by atoms with Crippen LogP contribution in [0.4, 0.5) is 0 Å². The second kappa shape index (κ2) is 3.56. The first-order chi connectivity index (χ1) is 6.34. The van der Waals surface area contributed by atoms with Gasteiger partial charge in [-0.25, -0.2) is 4.99 Å². The number of hydrogen-bond acceptors (Lipinski definition) is 3. The van der Waals surface area contributed by atoms with Crippen molar-refractivity contribution < 1.29 is 4.74 Å². The lowest BCUT2D eigenvalue weighted by Gasteiger charge is -1.99. The predicted molar refractivity (Wildman–Crippen MR) is 50.8 cm³/mol. The fraction of sp³-hybridized carbons (Fsp3) is 0.400. The van der Waals surface area contributed by atoms with E-state index in [0.29, 0.717) is 19.1 Å². The molecule has 1 unspecified atom stereocenters. The van der Waals surface area contributed by atoms with Gasteiger partial charge in [-0.05, 0) is 19.1 Å². The van der Waals surface area contributed by atoms with Crippen molar-refractivity contribution in [3.63, 3.8) is 0 Å². The maximum atomic E-state index is 5.38. The van der Waals surface area contributed by atoms with Gasteiger partial charge in [0.05, 0.1) is 12.5 Å². The van der Waals surface area contributed by atoms with Gasteiger partial charge in [-0.3, -0.25) is 4.98 Å². The summed E-state index contributed by atoms with van der Waals surface area (Å²) in [6.45, 7) is 2.76. The second-order valence-corrected chi connectivity index (χ2v) is 3.18. The Morgan fingerprint density at radius 2 is 2.46 bits per heavy atom. The highest BCUT2D eigenvalue weighted by Crippen LogP contribution is 2.07. The molecule has 0 saturated heterocycles. The number of aliphatic imine (C=N–C) groups is 1. The van der Waals surface area contributed by atoms with E-state index in [0.717, 1.165) is 11.6 Å². The third-order valence-corrected chi connectivity index (χ3v) is 1.91. The van der Waals surface area contributed by atoms with Crippen molar-refractivity contribution in [2.24, 2.45) is 4.99 Å². The lowest BCUT2D eigenvalue weighted by molar-refractivity contribution is 0.317. The molecule has 2 heterocycles. The highest BCUT2D eigenvalue weighted by atomic mass is 16.5. The molecule has 1 aromatic rings. The summed E-state index contributed by atoms with van der Waals surface area (Å²) in [5.41, 5.74) is 1.01. The van der Waals surface area contributed by atoms with E-state index in [1.54, 1.807) is 6.20 Å². The van der Waals surface area contributed by atoms with Crippen molar-refractivity contribution in [2.45, 2.75) is 19.4 Å². The van der Waals surface area contributed by atoms with Crippen LogP contribution in [0.1, 0.15) is 12.6 Å². The summed E-state index contributed by atoms with van der Waals surface area (Å²) in [5, 5.41) is 0. The minimum Gasteiger partial charge on any atom is -0.478 e. The van der Waals surface area contributed by atoms with Crippen molar-refractivity contribution in [1.29, 1.82) is 0 Å². The normalized spacial score (nSPS) is 21.0. The van der Waals surface area contributed by atoms with Crippen LogP contribution in [0.2, 0.25) is 0 Å². The van der Waals surface area contributed by atoms with Crippen LogP contribution in [-0.2, 0) is 11.2 Å². The molecule has 0 saturated carbocycles. The molecule has 0 spiro atoms. The summed E-state index contributed by atoms with van der Waals surface area (Å²) in [6.07, 6.45) is 2.50. The first-order valence-corrected chi connectivity index (χ1v) is 4.44. The van der Waals surface area contributed by atoms with Gasteiger partial charge in [-0.1, -0.05) is 6.07 Å². The average Bonchev–Trinajstić information content (AvgIpc) is 2.53. The van der Waals surface area contributed by atoms with E-state index < -0.39 is 0 Å². The van der Waals surface area contributed by atoms with E-state index in [9.17, 15) is 0 Å². The van der Waals surface area contributed by atoms with Gasteiger partial charge in [-0.15, -0.1) is 0 Å². The number of rotatable bonds is 2. The lowest BCUT2D eigenvalue weighted by Crippen LogP contribution is -2.04. The Bertz CT molecular complexity index is 308. The van der Waals surface area contributed by atoms with Gasteiger partial charge < -0.3 is 4.74 Å². The highest BCUT2D eigenvalue weighted by molar-refractivity contribution is 5.79. The maximum absolute atomic E-state index is 5.38. The zero-order chi connectivity index (χ0) is 9.10. The fourth-order valence-corrected chi connectivity index (χ4v) is 1.29. The van der Waals surface area contributed by atoms with Crippen molar-refractivity contribution in [2.75, 3.05) is 6.61 Å². The van der Waals surface area contributed by atoms with Crippen LogP contribution in [0.5, 0.6) is 0 Å². The molecule has 0 radical (unpaired) electrons. The summed E-state index contributed by atoms with van der Waals surface area (Å²) >= 11 is 0. The van der Waals surface area contributed by atoms with Gasteiger partial charge in [-0.2, -0.15) is 0 Å². The Kier molecular flexibility index (Phi) is 2.25. The molecule has 68 valence electrons. The molecule has 0 aliphatic carbocycles. The monoisotopic (exact) mass is 176 g/mol. The third-order valence-electron chi connectivity index (χ3n) is 1.91. The van der Waals surface area contributed by atoms with Gasteiger partial charge >= 0.3 is 0 Å². The SMILES string of the molecule is CC1COC(Cc2ccccn2)=N1. The standard InChI is InChI=1S/C10H12N2O/c1-8-7-13-10(12-8)6-9-4-2-3-5-11-9/h2-5,8H,6-7H2,1H3. The maximum Gasteiger partial charge on any atom is 0.189 e. The molecule has 13 heavy (non-hydrogen) atoms. The van der Waals surface area contributed by atoms with Crippen LogP contribution in [0.25, 0.3) is 0 Å². The van der Waals surface area contributed by atoms with E-state index in [-0.39, 0.29) is 0 Å². The summed E-state index contributed by atoms with van der Waals surface area (Å²) in [5.74, 6) is 0.811. The molecule has 1 aliphatic rings. The lowest BCUT2D eigenvalue weighted by atomic mass is 10.3. The Hall–Kier alpha value is -1.38. The van der Waals surface area contributed by atoms with Crippen LogP contribution < -0.4 is 0 Å². The fourth-order valence-electron chi connectivity index (χ4n) is 1.29. The molecule has 0 N–H and O–H groups in total. The zero-order valence-corrected chi connectivity index (χ0v) is 7.60. The van der Waals surface area contributed by atoms with E-state index in [1.807, 2.05) is 25.1 Å². The first-order valence-electron chi connectivity index (χ1n) is 4.44. The molecule has 1 aliphatic heterocycles. The van der Waals surface area contributed by atoms with E-state index in [1.165, 1.54) is 0 Å². The quantitative estimate of drug-likeness (QED) is 0.683. The Morgan fingerprint density at radius 3 is 3.08 bits per heavy atom.